The molecule has 16 heavy (non-hydrogen) atoms. The average molecular weight is 431 g/mol. The van der Waals surface area contributed by atoms with Gasteiger partial charge in [0.2, 0.25) is 0 Å². The molecule has 0 aliphatic rings. The first-order chi connectivity index (χ1) is 4.00. The minimum Gasteiger partial charge on any atom is -0.344 e. The maximum Gasteiger partial charge on any atom is 0 e. The fraction of sp³-hybridized carbons (Fsp3) is 1.00. The predicted octanol–water partition coefficient (Wildman–Crippen LogP) is 8.08. The van der Waals surface area contributed by atoms with E-state index in [1.807, 2.05) is 55.4 Å². The van der Waals surface area contributed by atoms with Crippen molar-refractivity contribution >= 4 is 0 Å². The van der Waals surface area contributed by atoms with Gasteiger partial charge in [0.25, 0.3) is 0 Å². The fourth-order valence-electron chi connectivity index (χ4n) is 0. The van der Waals surface area contributed by atoms with Crippen molar-refractivity contribution in [3.8, 4) is 0 Å². The smallest absolute Gasteiger partial charge is 0 e. The number of rotatable bonds is 0. The summed E-state index contributed by atoms with van der Waals surface area (Å²) in [4.78, 5) is 0. The van der Waals surface area contributed by atoms with E-state index in [9.17, 15) is 0 Å². The van der Waals surface area contributed by atoms with E-state index in [1.165, 1.54) is 0 Å². The summed E-state index contributed by atoms with van der Waals surface area (Å²) >= 11 is 0. The molecule has 0 amide bonds. The quantitative estimate of drug-likeness (QED) is 0.387. The summed E-state index contributed by atoms with van der Waals surface area (Å²) in [6, 6.07) is 0. The molecule has 0 spiro atoms. The van der Waals surface area contributed by atoms with Crippen molar-refractivity contribution in [3.05, 3.63) is 0 Å². The summed E-state index contributed by atoms with van der Waals surface area (Å²) in [5, 5.41) is 0. The van der Waals surface area contributed by atoms with Crippen LogP contribution in [0.3, 0.4) is 0 Å². The first kappa shape index (κ1) is 186. The molecule has 3 N–H and O–H groups in total. The molecule has 123 valence electrons. The Kier molecular flexibility index (Phi) is 80600. The van der Waals surface area contributed by atoms with Gasteiger partial charge in [-0.2, -0.15) is 0 Å². The van der Waals surface area contributed by atoms with Crippen LogP contribution in [0, 0.1) is 0 Å². The summed E-state index contributed by atoms with van der Waals surface area (Å²) in [5.74, 6) is 0. The molecule has 0 aliphatic carbocycles. The van der Waals surface area contributed by atoms with Crippen molar-refractivity contribution in [2.75, 3.05) is 0 Å². The molecule has 0 atom stereocenters. The van der Waals surface area contributed by atoms with Gasteiger partial charge in [0.05, 0.1) is 0 Å². The summed E-state index contributed by atoms with van der Waals surface area (Å²) in [7, 11) is 0. The van der Waals surface area contributed by atoms with Crippen molar-refractivity contribution in [1.29, 1.82) is 0 Å². The van der Waals surface area contributed by atoms with Crippen LogP contribution in [-0.2, 0) is 22.4 Å². The van der Waals surface area contributed by atoms with Crippen LogP contribution in [0.1, 0.15) is 99.9 Å². The first-order valence-electron chi connectivity index (χ1n) is 4.00. The molecule has 1 radical (unpaired) electrons. The van der Waals surface area contributed by atoms with E-state index in [-0.39, 0.29) is 73.1 Å². The Morgan fingerprint density at radius 1 is 0.312 bits per heavy atom. The Labute approximate surface area is 128 Å². The van der Waals surface area contributed by atoms with Gasteiger partial charge < -0.3 is 6.15 Å². The van der Waals surface area contributed by atoms with E-state index in [4.69, 9.17) is 0 Å². The third-order valence-corrected chi connectivity index (χ3v) is 0. The van der Waals surface area contributed by atoms with Crippen LogP contribution in [0.25, 0.3) is 0 Å². The van der Waals surface area contributed by atoms with Gasteiger partial charge in [0.1, 0.15) is 0 Å². The largest absolute Gasteiger partial charge is 0.344 e. The zero-order valence-corrected chi connectivity index (χ0v) is 11.2. The average Bonchev–Trinajstić information content (AvgIpc) is 2.03. The van der Waals surface area contributed by atoms with Crippen LogP contribution in [0.4, 0.5) is 0 Å². The van der Waals surface area contributed by atoms with E-state index in [1.54, 1.807) is 0 Å². The number of hydrogen-bond donors (Lipinski definition) is 1. The molecular formula is C14H51AuN. The van der Waals surface area contributed by atoms with Gasteiger partial charge in [-0.05, 0) is 0 Å². The van der Waals surface area contributed by atoms with Crippen molar-refractivity contribution in [2.24, 2.45) is 0 Å². The van der Waals surface area contributed by atoms with Crippen molar-refractivity contribution in [3.63, 3.8) is 0 Å². The Hall–Kier alpha value is 0.700. The monoisotopic (exact) mass is 430 g/mol. The van der Waals surface area contributed by atoms with Crippen molar-refractivity contribution < 1.29 is 22.4 Å². The van der Waals surface area contributed by atoms with Crippen LogP contribution < -0.4 is 6.15 Å². The molecule has 0 unspecified atom stereocenters. The number of hydrogen-bond acceptors (Lipinski definition) is 1. The predicted molar refractivity (Wildman–Crippen MR) is 90.8 cm³/mol. The van der Waals surface area contributed by atoms with Gasteiger partial charge >= 0.3 is 0 Å². The van der Waals surface area contributed by atoms with E-state index < -0.39 is 0 Å². The third-order valence-electron chi connectivity index (χ3n) is 0. The maximum atomic E-state index is 2.00. The van der Waals surface area contributed by atoms with Crippen LogP contribution in [0.15, 0.2) is 0 Å². The molecule has 2 heteroatoms. The Morgan fingerprint density at radius 3 is 0.312 bits per heavy atom. The summed E-state index contributed by atoms with van der Waals surface area (Å²) < 4.78 is 0. The van der Waals surface area contributed by atoms with Gasteiger partial charge in [0.15, 0.2) is 0 Å². The molecule has 0 saturated carbocycles. The molecule has 0 fully saturated rings. The van der Waals surface area contributed by atoms with Crippen LogP contribution >= 0.6 is 0 Å². The maximum absolute atomic E-state index is 2.00. The molecule has 0 aliphatic heterocycles. The molecule has 0 saturated heterocycles. The molecule has 0 aromatic heterocycles. The van der Waals surface area contributed by atoms with Gasteiger partial charge in [-0.25, -0.2) is 0 Å². The van der Waals surface area contributed by atoms with Crippen LogP contribution in [0.5, 0.6) is 0 Å². The van der Waals surface area contributed by atoms with Crippen molar-refractivity contribution in [2.45, 2.75) is 99.9 Å². The van der Waals surface area contributed by atoms with Gasteiger partial charge in [-0.1, -0.05) is 99.9 Å². The van der Waals surface area contributed by atoms with Gasteiger partial charge in [-0.15, -0.1) is 0 Å². The minimum absolute atomic E-state index is 0. The molecule has 0 heterocycles. The van der Waals surface area contributed by atoms with E-state index in [0.29, 0.717) is 0 Å². The second-order valence-electron chi connectivity index (χ2n) is 0. The summed E-state index contributed by atoms with van der Waals surface area (Å²) in [6.07, 6.45) is 0. The molecular weight excluding hydrogens is 379 g/mol. The van der Waals surface area contributed by atoms with Crippen LogP contribution in [-0.4, -0.2) is 0 Å². The molecule has 0 aromatic rings. The minimum atomic E-state index is 0. The standard InChI is InChI=1S/4C2H6.6CH4.Au.H3N/c4*1-2;;;;;;;;/h4*1-2H3;6*1H4;;1H3. The normalized spacial score (nSPS) is 1.50. The summed E-state index contributed by atoms with van der Waals surface area (Å²) in [5.41, 5.74) is 0. The molecule has 1 nitrogen and oxygen atoms in total. The Morgan fingerprint density at radius 2 is 0.312 bits per heavy atom. The molecule has 0 rings (SSSR count). The van der Waals surface area contributed by atoms with E-state index >= 15 is 0 Å². The first-order valence-corrected chi connectivity index (χ1v) is 4.00. The topological polar surface area (TPSA) is 35.0 Å². The zero-order valence-electron chi connectivity index (χ0n) is 9.01. The van der Waals surface area contributed by atoms with E-state index in [2.05, 4.69) is 0 Å². The molecule has 0 aromatic carbocycles. The SMILES string of the molecule is C.C.C.C.C.C.CC.CC.CC.CC.N.[Au]. The fourth-order valence-corrected chi connectivity index (χ4v) is 0. The second kappa shape index (κ2) is 6920. The van der Waals surface area contributed by atoms with E-state index in [0.717, 1.165) is 0 Å². The third kappa shape index (κ3) is 5630. The van der Waals surface area contributed by atoms with Gasteiger partial charge in [-0.3, -0.25) is 0 Å². The van der Waals surface area contributed by atoms with Crippen molar-refractivity contribution in [1.82, 2.24) is 6.15 Å². The Balaban J connectivity index is -0.00000000114. The Bertz CT molecular complexity index is 10.7. The molecule has 0 bridgehead atoms. The van der Waals surface area contributed by atoms with Crippen LogP contribution in [0.2, 0.25) is 0 Å². The zero-order chi connectivity index (χ0) is 8.00. The second-order valence-corrected chi connectivity index (χ2v) is 0. The van der Waals surface area contributed by atoms with Gasteiger partial charge in [0, 0.05) is 22.4 Å². The summed E-state index contributed by atoms with van der Waals surface area (Å²) in [6.45, 7) is 16.0.